The summed E-state index contributed by atoms with van der Waals surface area (Å²) in [5.74, 6) is 0.631. The molecule has 2 unspecified atom stereocenters. The number of ether oxygens (including phenoxy) is 1. The van der Waals surface area contributed by atoms with Crippen molar-refractivity contribution < 1.29 is 9.26 Å². The molecule has 1 aromatic heterocycles. The number of rotatable bonds is 4. The van der Waals surface area contributed by atoms with Crippen molar-refractivity contribution in [1.29, 1.82) is 0 Å². The average molecular weight is 226 g/mol. The predicted molar refractivity (Wildman–Crippen MR) is 59.1 cm³/mol. The third-order valence-electron chi connectivity index (χ3n) is 2.89. The molecule has 1 aliphatic heterocycles. The van der Waals surface area contributed by atoms with E-state index in [0.29, 0.717) is 18.4 Å². The van der Waals surface area contributed by atoms with Crippen LogP contribution < -0.4 is 10.6 Å². The number of nitrogens with zero attached hydrogens (tertiary/aromatic N) is 3. The first-order valence-corrected chi connectivity index (χ1v) is 5.64. The van der Waals surface area contributed by atoms with Crippen molar-refractivity contribution in [3.63, 3.8) is 0 Å². The van der Waals surface area contributed by atoms with Gasteiger partial charge in [0.05, 0.1) is 6.10 Å². The van der Waals surface area contributed by atoms with Crippen molar-refractivity contribution in [2.75, 3.05) is 25.0 Å². The average Bonchev–Trinajstić information content (AvgIpc) is 2.95. The summed E-state index contributed by atoms with van der Waals surface area (Å²) in [5, 5.41) is 3.94. The lowest BCUT2D eigenvalue weighted by Crippen LogP contribution is -2.19. The molecule has 1 fully saturated rings. The van der Waals surface area contributed by atoms with Crippen molar-refractivity contribution in [1.82, 2.24) is 10.1 Å². The third kappa shape index (κ3) is 2.17. The molecular formula is C10H18N4O2. The first kappa shape index (κ1) is 11.3. The highest BCUT2D eigenvalue weighted by atomic mass is 16.5. The van der Waals surface area contributed by atoms with E-state index in [1.54, 1.807) is 0 Å². The second-order valence-electron chi connectivity index (χ2n) is 4.01. The van der Waals surface area contributed by atoms with Crippen LogP contribution in [-0.2, 0) is 4.74 Å². The van der Waals surface area contributed by atoms with E-state index in [4.69, 9.17) is 15.0 Å². The topological polar surface area (TPSA) is 77.4 Å². The molecule has 6 nitrogen and oxygen atoms in total. The van der Waals surface area contributed by atoms with Crippen LogP contribution in [0.5, 0.6) is 0 Å². The second kappa shape index (κ2) is 4.80. The van der Waals surface area contributed by atoms with Gasteiger partial charge in [-0.3, -0.25) is 0 Å². The van der Waals surface area contributed by atoms with Gasteiger partial charge in [0.25, 0.3) is 0 Å². The number of hydrogen-bond donors (Lipinski definition) is 1. The van der Waals surface area contributed by atoms with Crippen LogP contribution >= 0.6 is 0 Å². The van der Waals surface area contributed by atoms with Gasteiger partial charge in [0.15, 0.2) is 0 Å². The van der Waals surface area contributed by atoms with E-state index in [-0.39, 0.29) is 12.2 Å². The van der Waals surface area contributed by atoms with Gasteiger partial charge in [0, 0.05) is 20.1 Å². The lowest BCUT2D eigenvalue weighted by atomic mass is 10.2. The summed E-state index contributed by atoms with van der Waals surface area (Å²) in [6.45, 7) is 3.41. The van der Waals surface area contributed by atoms with Crippen LogP contribution in [0.4, 0.5) is 6.01 Å². The van der Waals surface area contributed by atoms with Gasteiger partial charge in [-0.25, -0.2) is 0 Å². The van der Waals surface area contributed by atoms with E-state index < -0.39 is 0 Å². The van der Waals surface area contributed by atoms with Crippen LogP contribution in [0.25, 0.3) is 0 Å². The summed E-state index contributed by atoms with van der Waals surface area (Å²) < 4.78 is 10.8. The minimum absolute atomic E-state index is 0.0590. The fourth-order valence-corrected chi connectivity index (χ4v) is 1.72. The smallest absolute Gasteiger partial charge is 0.323 e. The van der Waals surface area contributed by atoms with Crippen molar-refractivity contribution >= 4 is 6.01 Å². The maximum Gasteiger partial charge on any atom is 0.323 e. The summed E-state index contributed by atoms with van der Waals surface area (Å²) in [6, 6.07) is 0.539. The van der Waals surface area contributed by atoms with Gasteiger partial charge in [-0.2, -0.15) is 4.98 Å². The fourth-order valence-electron chi connectivity index (χ4n) is 1.72. The molecule has 0 saturated carbocycles. The number of nitrogens with two attached hydrogens (primary N) is 1. The first-order valence-electron chi connectivity index (χ1n) is 5.64. The Hall–Kier alpha value is -1.14. The van der Waals surface area contributed by atoms with Crippen LogP contribution in [0.3, 0.4) is 0 Å². The SMILES string of the molecule is CCN(C)c1nc(C2CCC(CN)O2)no1. The zero-order chi connectivity index (χ0) is 11.5. The molecule has 0 amide bonds. The van der Waals surface area contributed by atoms with Crippen LogP contribution in [0.1, 0.15) is 31.7 Å². The Morgan fingerprint density at radius 2 is 2.31 bits per heavy atom. The number of hydrogen-bond acceptors (Lipinski definition) is 6. The Bertz CT molecular complexity index is 341. The molecule has 0 radical (unpaired) electrons. The predicted octanol–water partition coefficient (Wildman–Crippen LogP) is 0.705. The van der Waals surface area contributed by atoms with Crippen molar-refractivity contribution in [3.8, 4) is 0 Å². The Morgan fingerprint density at radius 1 is 1.50 bits per heavy atom. The molecule has 2 heterocycles. The van der Waals surface area contributed by atoms with E-state index in [1.807, 2.05) is 18.9 Å². The molecule has 2 rings (SSSR count). The summed E-state index contributed by atoms with van der Waals surface area (Å²) in [5.41, 5.74) is 5.55. The van der Waals surface area contributed by atoms with Crippen molar-refractivity contribution in [2.24, 2.45) is 5.73 Å². The minimum atomic E-state index is -0.0590. The van der Waals surface area contributed by atoms with Crippen molar-refractivity contribution in [2.45, 2.75) is 32.0 Å². The zero-order valence-corrected chi connectivity index (χ0v) is 9.72. The molecule has 0 aromatic carbocycles. The standard InChI is InChI=1S/C10H18N4O2/c1-3-14(2)10-12-9(13-16-10)8-5-4-7(6-11)15-8/h7-8H,3-6,11H2,1-2H3. The summed E-state index contributed by atoms with van der Waals surface area (Å²) >= 11 is 0. The summed E-state index contributed by atoms with van der Waals surface area (Å²) in [7, 11) is 1.91. The molecule has 1 aromatic rings. The normalized spacial score (nSPS) is 24.9. The molecular weight excluding hydrogens is 208 g/mol. The van der Waals surface area contributed by atoms with Crippen LogP contribution in [0.2, 0.25) is 0 Å². The van der Waals surface area contributed by atoms with E-state index in [1.165, 1.54) is 0 Å². The van der Waals surface area contributed by atoms with Gasteiger partial charge in [-0.15, -0.1) is 0 Å². The third-order valence-corrected chi connectivity index (χ3v) is 2.89. The van der Waals surface area contributed by atoms with E-state index in [9.17, 15) is 0 Å². The first-order chi connectivity index (χ1) is 7.74. The lowest BCUT2D eigenvalue weighted by molar-refractivity contribution is 0.0435. The van der Waals surface area contributed by atoms with E-state index in [0.717, 1.165) is 19.4 Å². The van der Waals surface area contributed by atoms with Gasteiger partial charge < -0.3 is 19.9 Å². The van der Waals surface area contributed by atoms with Crippen LogP contribution in [0.15, 0.2) is 4.52 Å². The van der Waals surface area contributed by atoms with Gasteiger partial charge >= 0.3 is 6.01 Å². The highest BCUT2D eigenvalue weighted by Gasteiger charge is 2.29. The number of aromatic nitrogens is 2. The van der Waals surface area contributed by atoms with Gasteiger partial charge in [0.1, 0.15) is 6.10 Å². The summed E-state index contributed by atoms with van der Waals surface area (Å²) in [6.07, 6.45) is 1.96. The molecule has 2 atom stereocenters. The monoisotopic (exact) mass is 226 g/mol. The Kier molecular flexibility index (Phi) is 3.40. The summed E-state index contributed by atoms with van der Waals surface area (Å²) in [4.78, 5) is 6.21. The Morgan fingerprint density at radius 3 is 2.94 bits per heavy atom. The molecule has 16 heavy (non-hydrogen) atoms. The quantitative estimate of drug-likeness (QED) is 0.814. The molecule has 2 N–H and O–H groups in total. The maximum absolute atomic E-state index is 5.69. The lowest BCUT2D eigenvalue weighted by Gasteiger charge is -2.09. The Balaban J connectivity index is 2.02. The van der Waals surface area contributed by atoms with Crippen LogP contribution in [-0.4, -0.2) is 36.4 Å². The largest absolute Gasteiger partial charge is 0.366 e. The molecule has 1 saturated heterocycles. The highest BCUT2D eigenvalue weighted by molar-refractivity contribution is 5.22. The Labute approximate surface area is 94.7 Å². The van der Waals surface area contributed by atoms with Gasteiger partial charge in [-0.1, -0.05) is 5.16 Å². The fraction of sp³-hybridized carbons (Fsp3) is 0.800. The van der Waals surface area contributed by atoms with Gasteiger partial charge in [0.2, 0.25) is 5.82 Å². The van der Waals surface area contributed by atoms with E-state index >= 15 is 0 Å². The number of anilines is 1. The van der Waals surface area contributed by atoms with Crippen LogP contribution in [0, 0.1) is 0 Å². The second-order valence-corrected chi connectivity index (χ2v) is 4.01. The van der Waals surface area contributed by atoms with Crippen molar-refractivity contribution in [3.05, 3.63) is 5.82 Å². The molecule has 6 heteroatoms. The molecule has 0 spiro atoms. The molecule has 0 aliphatic carbocycles. The van der Waals surface area contributed by atoms with E-state index in [2.05, 4.69) is 10.1 Å². The highest BCUT2D eigenvalue weighted by Crippen LogP contribution is 2.31. The molecule has 0 bridgehead atoms. The maximum atomic E-state index is 5.69. The van der Waals surface area contributed by atoms with Gasteiger partial charge in [-0.05, 0) is 19.8 Å². The molecule has 1 aliphatic rings. The molecule has 90 valence electrons. The minimum Gasteiger partial charge on any atom is -0.366 e. The zero-order valence-electron chi connectivity index (χ0n) is 9.72.